The third-order valence-corrected chi connectivity index (χ3v) is 7.36. The van der Waals surface area contributed by atoms with Gasteiger partial charge in [-0.15, -0.1) is 0 Å². The van der Waals surface area contributed by atoms with E-state index in [0.29, 0.717) is 11.4 Å². The standard InChI is InChI=1S/C24H20N2O2S3/c25-21-13-19(9-11-23(21)27)30-17-5-1-15(2-6-17)29-16-3-7-18(8-4-16)31-20-10-12-24(28)22(26)14-20/h1-14,27-28H,25-26H2. The smallest absolute Gasteiger partial charge is 0.138 e. The van der Waals surface area contributed by atoms with Gasteiger partial charge in [-0.05, 0) is 84.9 Å². The van der Waals surface area contributed by atoms with Gasteiger partial charge in [0.2, 0.25) is 0 Å². The van der Waals surface area contributed by atoms with E-state index in [4.69, 9.17) is 11.5 Å². The predicted octanol–water partition coefficient (Wildman–Crippen LogP) is 6.72. The van der Waals surface area contributed by atoms with Gasteiger partial charge in [-0.25, -0.2) is 0 Å². The fourth-order valence-corrected chi connectivity index (χ4v) is 5.30. The van der Waals surface area contributed by atoms with Crippen molar-refractivity contribution in [3.63, 3.8) is 0 Å². The van der Waals surface area contributed by atoms with Crippen molar-refractivity contribution in [1.82, 2.24) is 0 Å². The fourth-order valence-electron chi connectivity index (χ4n) is 2.75. The Balaban J connectivity index is 1.37. The summed E-state index contributed by atoms with van der Waals surface area (Å²) in [4.78, 5) is 6.49. The van der Waals surface area contributed by atoms with Crippen molar-refractivity contribution < 1.29 is 10.2 Å². The van der Waals surface area contributed by atoms with E-state index >= 15 is 0 Å². The van der Waals surface area contributed by atoms with Crippen molar-refractivity contribution in [3.05, 3.63) is 84.9 Å². The second kappa shape index (κ2) is 9.51. The topological polar surface area (TPSA) is 92.5 Å². The SMILES string of the molecule is Nc1cc(Sc2ccc(Sc3ccc(Sc4ccc(O)c(N)c4)cc3)cc2)ccc1O. The molecule has 0 radical (unpaired) electrons. The first kappa shape index (κ1) is 21.4. The summed E-state index contributed by atoms with van der Waals surface area (Å²) in [5, 5.41) is 19.1. The lowest BCUT2D eigenvalue weighted by molar-refractivity contribution is 0.477. The molecule has 0 fully saturated rings. The Morgan fingerprint density at radius 3 is 0.968 bits per heavy atom. The molecule has 0 atom stereocenters. The summed E-state index contributed by atoms with van der Waals surface area (Å²) in [5.41, 5.74) is 12.3. The molecule has 0 saturated heterocycles. The van der Waals surface area contributed by atoms with Gasteiger partial charge in [0.1, 0.15) is 11.5 Å². The summed E-state index contributed by atoms with van der Waals surface area (Å²) >= 11 is 4.91. The Bertz CT molecular complexity index is 1100. The minimum atomic E-state index is 0.104. The van der Waals surface area contributed by atoms with Gasteiger partial charge < -0.3 is 21.7 Å². The summed E-state index contributed by atoms with van der Waals surface area (Å²) in [7, 11) is 0. The molecule has 0 bridgehead atoms. The lowest BCUT2D eigenvalue weighted by Gasteiger charge is -2.07. The van der Waals surface area contributed by atoms with Crippen LogP contribution in [0.3, 0.4) is 0 Å². The van der Waals surface area contributed by atoms with Gasteiger partial charge in [0.15, 0.2) is 0 Å². The summed E-state index contributed by atoms with van der Waals surface area (Å²) in [6.45, 7) is 0. The van der Waals surface area contributed by atoms with Gasteiger partial charge in [-0.1, -0.05) is 35.3 Å². The molecule has 0 aromatic heterocycles. The molecule has 0 amide bonds. The van der Waals surface area contributed by atoms with Crippen LogP contribution in [0.1, 0.15) is 0 Å². The number of phenolic OH excluding ortho intramolecular Hbond substituents is 2. The molecule has 0 aliphatic heterocycles. The molecule has 0 aliphatic carbocycles. The first-order valence-corrected chi connectivity index (χ1v) is 11.8. The minimum Gasteiger partial charge on any atom is -0.506 e. The number of hydrogen-bond acceptors (Lipinski definition) is 7. The van der Waals surface area contributed by atoms with Crippen molar-refractivity contribution in [2.24, 2.45) is 0 Å². The van der Waals surface area contributed by atoms with Crippen molar-refractivity contribution in [2.75, 3.05) is 11.5 Å². The normalized spacial score (nSPS) is 10.8. The summed E-state index contributed by atoms with van der Waals surface area (Å²) < 4.78 is 0. The van der Waals surface area contributed by atoms with Gasteiger partial charge >= 0.3 is 0 Å². The van der Waals surface area contributed by atoms with E-state index in [0.717, 1.165) is 29.4 Å². The number of hydrogen-bond donors (Lipinski definition) is 4. The third-order valence-electron chi connectivity index (χ3n) is 4.35. The molecule has 4 rings (SSSR count). The highest BCUT2D eigenvalue weighted by Crippen LogP contribution is 2.36. The van der Waals surface area contributed by atoms with Crippen LogP contribution in [0.25, 0.3) is 0 Å². The van der Waals surface area contributed by atoms with Crippen LogP contribution in [0.4, 0.5) is 11.4 Å². The van der Waals surface area contributed by atoms with Crippen LogP contribution < -0.4 is 11.5 Å². The van der Waals surface area contributed by atoms with Gasteiger partial charge in [-0.2, -0.15) is 0 Å². The molecule has 0 unspecified atom stereocenters. The maximum atomic E-state index is 9.55. The second-order valence-corrected chi connectivity index (χ2v) is 10.1. The average Bonchev–Trinajstić information content (AvgIpc) is 2.76. The van der Waals surface area contributed by atoms with Crippen LogP contribution in [0.2, 0.25) is 0 Å². The van der Waals surface area contributed by atoms with E-state index in [1.54, 1.807) is 59.6 Å². The molecule has 31 heavy (non-hydrogen) atoms. The lowest BCUT2D eigenvalue weighted by Crippen LogP contribution is -1.85. The van der Waals surface area contributed by atoms with E-state index in [-0.39, 0.29) is 11.5 Å². The van der Waals surface area contributed by atoms with E-state index in [1.807, 2.05) is 12.1 Å². The Morgan fingerprint density at radius 1 is 0.419 bits per heavy atom. The molecule has 4 nitrogen and oxygen atoms in total. The Hall–Kier alpha value is -2.87. The van der Waals surface area contributed by atoms with Gasteiger partial charge in [0, 0.05) is 29.4 Å². The number of benzene rings is 4. The quantitative estimate of drug-likeness (QED) is 0.186. The summed E-state index contributed by atoms with van der Waals surface area (Å²) in [5.74, 6) is 0.209. The monoisotopic (exact) mass is 464 g/mol. The zero-order valence-electron chi connectivity index (χ0n) is 16.4. The summed E-state index contributed by atoms with van der Waals surface area (Å²) in [6, 6.07) is 27.2. The zero-order valence-corrected chi connectivity index (χ0v) is 18.8. The molecule has 4 aromatic rings. The van der Waals surface area contributed by atoms with Crippen LogP contribution in [0, 0.1) is 0 Å². The van der Waals surface area contributed by atoms with Gasteiger partial charge in [0.25, 0.3) is 0 Å². The van der Waals surface area contributed by atoms with Crippen LogP contribution >= 0.6 is 35.3 Å². The van der Waals surface area contributed by atoms with E-state index < -0.39 is 0 Å². The molecular weight excluding hydrogens is 444 g/mol. The zero-order chi connectivity index (χ0) is 21.8. The van der Waals surface area contributed by atoms with Crippen LogP contribution in [0.15, 0.2) is 114 Å². The third kappa shape index (κ3) is 5.64. The van der Waals surface area contributed by atoms with Crippen molar-refractivity contribution in [2.45, 2.75) is 29.4 Å². The largest absolute Gasteiger partial charge is 0.506 e. The number of rotatable bonds is 6. The number of phenols is 2. The summed E-state index contributed by atoms with van der Waals surface area (Å²) in [6.07, 6.45) is 0. The highest BCUT2D eigenvalue weighted by Gasteiger charge is 2.05. The van der Waals surface area contributed by atoms with E-state index in [1.165, 1.54) is 0 Å². The molecule has 7 heteroatoms. The Kier molecular flexibility index (Phi) is 6.56. The van der Waals surface area contributed by atoms with Crippen molar-refractivity contribution in [3.8, 4) is 11.5 Å². The number of anilines is 2. The highest BCUT2D eigenvalue weighted by molar-refractivity contribution is 8.00. The van der Waals surface area contributed by atoms with Crippen LogP contribution in [-0.2, 0) is 0 Å². The predicted molar refractivity (Wildman–Crippen MR) is 130 cm³/mol. The molecule has 0 aliphatic rings. The van der Waals surface area contributed by atoms with Gasteiger partial charge in [0.05, 0.1) is 11.4 Å². The fraction of sp³-hybridized carbons (Fsp3) is 0. The molecule has 4 aromatic carbocycles. The molecule has 156 valence electrons. The average molecular weight is 465 g/mol. The van der Waals surface area contributed by atoms with Gasteiger partial charge in [-0.3, -0.25) is 0 Å². The number of nitrogens with two attached hydrogens (primary N) is 2. The lowest BCUT2D eigenvalue weighted by atomic mass is 10.3. The second-order valence-electron chi connectivity index (χ2n) is 6.69. The number of nitrogen functional groups attached to an aromatic ring is 2. The molecule has 0 heterocycles. The Morgan fingerprint density at radius 2 is 0.677 bits per heavy atom. The van der Waals surface area contributed by atoms with Crippen LogP contribution in [-0.4, -0.2) is 10.2 Å². The Labute approximate surface area is 193 Å². The van der Waals surface area contributed by atoms with Crippen molar-refractivity contribution in [1.29, 1.82) is 0 Å². The molecule has 0 saturated carbocycles. The first-order chi connectivity index (χ1) is 15.0. The number of aromatic hydroxyl groups is 2. The van der Waals surface area contributed by atoms with Crippen LogP contribution in [0.5, 0.6) is 11.5 Å². The maximum Gasteiger partial charge on any atom is 0.138 e. The van der Waals surface area contributed by atoms with E-state index in [2.05, 4.69) is 48.5 Å². The molecule has 6 N–H and O–H groups in total. The first-order valence-electron chi connectivity index (χ1n) is 9.37. The minimum absolute atomic E-state index is 0.104. The molecular formula is C24H20N2O2S3. The van der Waals surface area contributed by atoms with E-state index in [9.17, 15) is 10.2 Å². The molecule has 0 spiro atoms. The highest BCUT2D eigenvalue weighted by atomic mass is 32.2. The van der Waals surface area contributed by atoms with Crippen molar-refractivity contribution >= 4 is 46.7 Å². The maximum absolute atomic E-state index is 9.55.